The molecule has 1 rings (SSSR count). The van der Waals surface area contributed by atoms with Gasteiger partial charge in [-0.25, -0.2) is 8.42 Å². The maximum Gasteiger partial charge on any atom is 0.303 e. The molecule has 0 aliphatic carbocycles. The van der Waals surface area contributed by atoms with Crippen LogP contribution in [0.4, 0.5) is 0 Å². The molecule has 1 N–H and O–H groups in total. The Morgan fingerprint density at radius 2 is 2.12 bits per heavy atom. The highest BCUT2D eigenvalue weighted by Crippen LogP contribution is 2.13. The first-order chi connectivity index (χ1) is 7.89. The minimum atomic E-state index is -3.72. The van der Waals surface area contributed by atoms with Gasteiger partial charge >= 0.3 is 5.97 Å². The van der Waals surface area contributed by atoms with Crippen LogP contribution in [0.5, 0.6) is 0 Å². The molecule has 96 valence electrons. The van der Waals surface area contributed by atoms with E-state index in [2.05, 4.69) is 5.10 Å². The van der Waals surface area contributed by atoms with Crippen LogP contribution in [0.1, 0.15) is 25.7 Å². The number of hydrogen-bond acceptors (Lipinski definition) is 4. The van der Waals surface area contributed by atoms with Crippen molar-refractivity contribution in [2.45, 2.75) is 37.1 Å². The largest absolute Gasteiger partial charge is 0.481 e. The van der Waals surface area contributed by atoms with Gasteiger partial charge in [0.25, 0.3) is 9.05 Å². The van der Waals surface area contributed by atoms with E-state index >= 15 is 0 Å². The average molecular weight is 281 g/mol. The van der Waals surface area contributed by atoms with Crippen LogP contribution in [-0.4, -0.2) is 29.3 Å². The van der Waals surface area contributed by atoms with Gasteiger partial charge in [0.15, 0.2) is 0 Å². The molecule has 0 radical (unpaired) electrons. The molecule has 1 heterocycles. The molecule has 17 heavy (non-hydrogen) atoms. The van der Waals surface area contributed by atoms with Crippen LogP contribution in [0.25, 0.3) is 0 Å². The summed E-state index contributed by atoms with van der Waals surface area (Å²) >= 11 is 0. The van der Waals surface area contributed by atoms with E-state index in [1.165, 1.54) is 17.1 Å². The number of aliphatic carboxylic acids is 1. The van der Waals surface area contributed by atoms with E-state index in [9.17, 15) is 13.2 Å². The van der Waals surface area contributed by atoms with E-state index < -0.39 is 15.0 Å². The van der Waals surface area contributed by atoms with Crippen LogP contribution in [0.15, 0.2) is 17.3 Å². The maximum atomic E-state index is 10.9. The molecule has 0 bridgehead atoms. The molecule has 0 aromatic carbocycles. The summed E-state index contributed by atoms with van der Waals surface area (Å²) in [5.41, 5.74) is 0. The lowest BCUT2D eigenvalue weighted by atomic mass is 10.2. The van der Waals surface area contributed by atoms with Gasteiger partial charge in [-0.3, -0.25) is 9.48 Å². The number of carboxylic acids is 1. The SMILES string of the molecule is O=C(O)CCCCCn1cc(S(=O)(=O)Cl)cn1. The van der Waals surface area contributed by atoms with Crippen LogP contribution in [0.3, 0.4) is 0 Å². The predicted octanol–water partition coefficient (Wildman–Crippen LogP) is 1.46. The predicted molar refractivity (Wildman–Crippen MR) is 61.4 cm³/mol. The van der Waals surface area contributed by atoms with Crippen LogP contribution >= 0.6 is 10.7 Å². The van der Waals surface area contributed by atoms with Crippen molar-refractivity contribution in [2.24, 2.45) is 0 Å². The van der Waals surface area contributed by atoms with Gasteiger partial charge in [-0.2, -0.15) is 5.10 Å². The molecule has 6 nitrogen and oxygen atoms in total. The lowest BCUT2D eigenvalue weighted by Gasteiger charge is -2.00. The number of carbonyl (C=O) groups is 1. The second kappa shape index (κ2) is 6.02. The second-order valence-corrected chi connectivity index (χ2v) is 6.15. The lowest BCUT2D eigenvalue weighted by molar-refractivity contribution is -0.137. The highest BCUT2D eigenvalue weighted by atomic mass is 35.7. The zero-order chi connectivity index (χ0) is 12.9. The van der Waals surface area contributed by atoms with Crippen molar-refractivity contribution in [3.63, 3.8) is 0 Å². The fraction of sp³-hybridized carbons (Fsp3) is 0.556. The van der Waals surface area contributed by atoms with E-state index in [1.54, 1.807) is 0 Å². The van der Waals surface area contributed by atoms with Crippen LogP contribution in [0, 0.1) is 0 Å². The Labute approximate surface area is 104 Å². The minimum absolute atomic E-state index is 0.0234. The molecule has 0 aliphatic heterocycles. The summed E-state index contributed by atoms with van der Waals surface area (Å²) in [5.74, 6) is -0.806. The summed E-state index contributed by atoms with van der Waals surface area (Å²) in [6.07, 6.45) is 4.82. The number of rotatable bonds is 7. The standard InChI is InChI=1S/C9H13ClN2O4S/c10-17(15,16)8-6-11-12(7-8)5-3-1-2-4-9(13)14/h6-7H,1-5H2,(H,13,14). The van der Waals surface area contributed by atoms with E-state index in [4.69, 9.17) is 15.8 Å². The van der Waals surface area contributed by atoms with Gasteiger partial charge in [0.2, 0.25) is 0 Å². The smallest absolute Gasteiger partial charge is 0.303 e. The summed E-state index contributed by atoms with van der Waals surface area (Å²) in [6, 6.07) is 0. The third kappa shape index (κ3) is 5.18. The molecular weight excluding hydrogens is 268 g/mol. The maximum absolute atomic E-state index is 10.9. The quantitative estimate of drug-likeness (QED) is 0.603. The van der Waals surface area contributed by atoms with Crippen LogP contribution in [-0.2, 0) is 20.4 Å². The molecule has 0 spiro atoms. The molecule has 0 unspecified atom stereocenters. The highest BCUT2D eigenvalue weighted by Gasteiger charge is 2.12. The Morgan fingerprint density at radius 1 is 1.41 bits per heavy atom. The fourth-order valence-corrected chi connectivity index (χ4v) is 1.98. The topological polar surface area (TPSA) is 89.3 Å². The first-order valence-electron chi connectivity index (χ1n) is 5.08. The van der Waals surface area contributed by atoms with E-state index in [0.29, 0.717) is 13.0 Å². The Balaban J connectivity index is 2.33. The molecule has 0 saturated heterocycles. The molecule has 0 amide bonds. The number of unbranched alkanes of at least 4 members (excludes halogenated alkanes) is 2. The fourth-order valence-electron chi connectivity index (χ4n) is 1.32. The van der Waals surface area contributed by atoms with Crippen molar-refractivity contribution in [3.05, 3.63) is 12.4 Å². The zero-order valence-electron chi connectivity index (χ0n) is 9.04. The molecule has 0 atom stereocenters. The first kappa shape index (κ1) is 14.0. The minimum Gasteiger partial charge on any atom is -0.481 e. The molecule has 0 aliphatic rings. The van der Waals surface area contributed by atoms with Gasteiger partial charge in [-0.15, -0.1) is 0 Å². The monoisotopic (exact) mass is 280 g/mol. The van der Waals surface area contributed by atoms with Gasteiger partial charge in [0.1, 0.15) is 4.90 Å². The molecule has 0 fully saturated rings. The van der Waals surface area contributed by atoms with Crippen molar-refractivity contribution >= 4 is 25.7 Å². The molecule has 0 saturated carbocycles. The summed E-state index contributed by atoms with van der Waals surface area (Å²) in [5, 5.41) is 12.3. The number of aromatic nitrogens is 2. The number of aryl methyl sites for hydroxylation is 1. The number of nitrogens with zero attached hydrogens (tertiary/aromatic N) is 2. The summed E-state index contributed by atoms with van der Waals surface area (Å²) in [6.45, 7) is 0.548. The van der Waals surface area contributed by atoms with E-state index in [1.807, 2.05) is 0 Å². The number of carboxylic acid groups (broad SMARTS) is 1. The van der Waals surface area contributed by atoms with Crippen molar-refractivity contribution in [2.75, 3.05) is 0 Å². The molecular formula is C9H13ClN2O4S. The summed E-state index contributed by atoms with van der Waals surface area (Å²) in [4.78, 5) is 10.2. The Bertz CT molecular complexity index is 483. The Morgan fingerprint density at radius 3 is 2.65 bits per heavy atom. The first-order valence-corrected chi connectivity index (χ1v) is 7.39. The molecule has 8 heteroatoms. The van der Waals surface area contributed by atoms with Gasteiger partial charge < -0.3 is 5.11 Å². The lowest BCUT2D eigenvalue weighted by Crippen LogP contribution is -1.99. The van der Waals surface area contributed by atoms with Gasteiger partial charge in [0, 0.05) is 29.8 Å². The average Bonchev–Trinajstić information content (AvgIpc) is 2.64. The Hall–Kier alpha value is -1.08. The van der Waals surface area contributed by atoms with Crippen molar-refractivity contribution < 1.29 is 18.3 Å². The van der Waals surface area contributed by atoms with Crippen LogP contribution < -0.4 is 0 Å². The van der Waals surface area contributed by atoms with Gasteiger partial charge in [-0.05, 0) is 12.8 Å². The van der Waals surface area contributed by atoms with Crippen molar-refractivity contribution in [3.8, 4) is 0 Å². The number of halogens is 1. The van der Waals surface area contributed by atoms with E-state index in [-0.39, 0.29) is 11.3 Å². The van der Waals surface area contributed by atoms with Gasteiger partial charge in [0.05, 0.1) is 6.20 Å². The highest BCUT2D eigenvalue weighted by molar-refractivity contribution is 8.13. The zero-order valence-corrected chi connectivity index (χ0v) is 10.6. The van der Waals surface area contributed by atoms with Gasteiger partial charge in [-0.1, -0.05) is 6.42 Å². The van der Waals surface area contributed by atoms with E-state index in [0.717, 1.165) is 12.8 Å². The second-order valence-electron chi connectivity index (χ2n) is 3.58. The summed E-state index contributed by atoms with van der Waals surface area (Å²) in [7, 11) is 1.43. The third-order valence-electron chi connectivity index (χ3n) is 2.17. The summed E-state index contributed by atoms with van der Waals surface area (Å²) < 4.78 is 23.4. The number of hydrogen-bond donors (Lipinski definition) is 1. The molecule has 1 aromatic heterocycles. The Kier molecular flexibility index (Phi) is 4.95. The van der Waals surface area contributed by atoms with Crippen molar-refractivity contribution in [1.82, 2.24) is 9.78 Å². The normalized spacial score (nSPS) is 11.6. The van der Waals surface area contributed by atoms with Crippen LogP contribution in [0.2, 0.25) is 0 Å². The third-order valence-corrected chi connectivity index (χ3v) is 3.48. The van der Waals surface area contributed by atoms with Crippen molar-refractivity contribution in [1.29, 1.82) is 0 Å². The molecule has 1 aromatic rings.